The molecule has 0 aromatic heterocycles. The number of nitrogens with zero attached hydrogens (tertiary/aromatic N) is 1. The Labute approximate surface area is 94.2 Å². The summed E-state index contributed by atoms with van der Waals surface area (Å²) in [6.07, 6.45) is 6.42. The molecule has 0 N–H and O–H groups in total. The Morgan fingerprint density at radius 1 is 1.42 bits per heavy atom. The van der Waals surface area contributed by atoms with Gasteiger partial charge in [-0.25, -0.2) is 4.99 Å². The molecule has 3 heteroatoms. The Hall–Kier alpha value is 0.530. The number of isothiocyanates is 1. The standard InChI is InChI=1S/C9H16INS/c1-2-3-4-5-6-9(7-10)11-8-12/h9H,2-7H2,1H3. The van der Waals surface area contributed by atoms with Gasteiger partial charge >= 0.3 is 0 Å². The molecule has 0 rings (SSSR count). The minimum atomic E-state index is 0.417. The first-order valence-electron chi connectivity index (χ1n) is 4.48. The van der Waals surface area contributed by atoms with Gasteiger partial charge in [0.2, 0.25) is 0 Å². The maximum atomic E-state index is 4.58. The number of unbranched alkanes of at least 4 members (excludes halogenated alkanes) is 3. The van der Waals surface area contributed by atoms with Crippen molar-refractivity contribution in [1.29, 1.82) is 0 Å². The Morgan fingerprint density at radius 2 is 2.17 bits per heavy atom. The van der Waals surface area contributed by atoms with Crippen molar-refractivity contribution in [3.05, 3.63) is 0 Å². The summed E-state index contributed by atoms with van der Waals surface area (Å²) >= 11 is 6.93. The summed E-state index contributed by atoms with van der Waals surface area (Å²) in [4.78, 5) is 4.10. The van der Waals surface area contributed by atoms with Gasteiger partial charge in [0.15, 0.2) is 0 Å². The van der Waals surface area contributed by atoms with E-state index in [0.717, 1.165) is 4.43 Å². The quantitative estimate of drug-likeness (QED) is 0.228. The highest BCUT2D eigenvalue weighted by atomic mass is 127. The summed E-state index contributed by atoms with van der Waals surface area (Å²) in [5.41, 5.74) is 0. The SMILES string of the molecule is CCCCCCC(CI)N=C=S. The fraction of sp³-hybridized carbons (Fsp3) is 0.889. The maximum Gasteiger partial charge on any atom is 0.0692 e. The molecule has 0 fully saturated rings. The lowest BCUT2D eigenvalue weighted by molar-refractivity contribution is 0.586. The monoisotopic (exact) mass is 297 g/mol. The summed E-state index contributed by atoms with van der Waals surface area (Å²) in [5, 5.41) is 2.46. The van der Waals surface area contributed by atoms with E-state index in [-0.39, 0.29) is 0 Å². The zero-order valence-corrected chi connectivity index (χ0v) is 10.5. The molecule has 0 amide bonds. The van der Waals surface area contributed by atoms with E-state index < -0.39 is 0 Å². The molecule has 0 saturated heterocycles. The van der Waals surface area contributed by atoms with Crippen LogP contribution in [-0.2, 0) is 0 Å². The van der Waals surface area contributed by atoms with Crippen LogP contribution in [0, 0.1) is 0 Å². The van der Waals surface area contributed by atoms with E-state index >= 15 is 0 Å². The Balaban J connectivity index is 3.38. The third kappa shape index (κ3) is 7.19. The summed E-state index contributed by atoms with van der Waals surface area (Å²) in [5.74, 6) is 0. The van der Waals surface area contributed by atoms with Gasteiger partial charge < -0.3 is 0 Å². The van der Waals surface area contributed by atoms with E-state index in [4.69, 9.17) is 0 Å². The average Bonchev–Trinajstić information content (AvgIpc) is 2.10. The van der Waals surface area contributed by atoms with E-state index in [2.05, 4.69) is 51.9 Å². The molecule has 0 aromatic carbocycles. The fourth-order valence-electron chi connectivity index (χ4n) is 1.06. The summed E-state index contributed by atoms with van der Waals surface area (Å²) in [6, 6.07) is 0.417. The molecule has 1 nitrogen and oxygen atoms in total. The second-order valence-electron chi connectivity index (χ2n) is 2.88. The van der Waals surface area contributed by atoms with Crippen molar-refractivity contribution in [2.45, 2.75) is 45.1 Å². The Morgan fingerprint density at radius 3 is 2.67 bits per heavy atom. The van der Waals surface area contributed by atoms with Crippen molar-refractivity contribution in [3.63, 3.8) is 0 Å². The lowest BCUT2D eigenvalue weighted by Gasteiger charge is -2.05. The van der Waals surface area contributed by atoms with E-state index in [1.54, 1.807) is 0 Å². The molecule has 70 valence electrons. The van der Waals surface area contributed by atoms with E-state index in [1.165, 1.54) is 32.1 Å². The lowest BCUT2D eigenvalue weighted by Crippen LogP contribution is -2.04. The van der Waals surface area contributed by atoms with Gasteiger partial charge in [0, 0.05) is 4.43 Å². The van der Waals surface area contributed by atoms with Crippen molar-refractivity contribution in [2.75, 3.05) is 4.43 Å². The van der Waals surface area contributed by atoms with Gasteiger partial charge in [-0.15, -0.1) is 0 Å². The number of thiocarbonyl (C=S) groups is 1. The maximum absolute atomic E-state index is 4.58. The molecule has 0 aliphatic heterocycles. The second kappa shape index (κ2) is 9.62. The molecule has 0 aromatic rings. The van der Waals surface area contributed by atoms with Crippen LogP contribution in [0.4, 0.5) is 0 Å². The minimum absolute atomic E-state index is 0.417. The van der Waals surface area contributed by atoms with E-state index in [0.29, 0.717) is 6.04 Å². The van der Waals surface area contributed by atoms with Gasteiger partial charge in [-0.2, -0.15) is 0 Å². The van der Waals surface area contributed by atoms with Gasteiger partial charge in [0.1, 0.15) is 0 Å². The molecular weight excluding hydrogens is 281 g/mol. The van der Waals surface area contributed by atoms with E-state index in [1.807, 2.05) is 0 Å². The molecule has 1 unspecified atom stereocenters. The largest absolute Gasteiger partial charge is 0.228 e. The number of alkyl halides is 1. The molecule has 0 bridgehead atoms. The third-order valence-electron chi connectivity index (χ3n) is 1.80. The van der Waals surface area contributed by atoms with Crippen molar-refractivity contribution < 1.29 is 0 Å². The van der Waals surface area contributed by atoms with Gasteiger partial charge in [0.25, 0.3) is 0 Å². The molecule has 12 heavy (non-hydrogen) atoms. The van der Waals surface area contributed by atoms with Crippen LogP contribution in [-0.4, -0.2) is 15.6 Å². The van der Waals surface area contributed by atoms with Gasteiger partial charge in [0.05, 0.1) is 11.2 Å². The summed E-state index contributed by atoms with van der Waals surface area (Å²) in [7, 11) is 0. The predicted octanol–water partition coefficient (Wildman–Crippen LogP) is 3.86. The van der Waals surface area contributed by atoms with Crippen molar-refractivity contribution >= 4 is 40.0 Å². The van der Waals surface area contributed by atoms with Crippen molar-refractivity contribution in [3.8, 4) is 0 Å². The van der Waals surface area contributed by atoms with Gasteiger partial charge in [-0.05, 0) is 18.6 Å². The number of aliphatic imine (C=N–C) groups is 1. The average molecular weight is 297 g/mol. The first-order chi connectivity index (χ1) is 5.85. The van der Waals surface area contributed by atoms with Crippen LogP contribution in [0.15, 0.2) is 4.99 Å². The Kier molecular flexibility index (Phi) is 10.0. The zero-order valence-electron chi connectivity index (χ0n) is 7.55. The zero-order chi connectivity index (χ0) is 9.23. The smallest absolute Gasteiger partial charge is 0.0692 e. The topological polar surface area (TPSA) is 12.4 Å². The Bertz CT molecular complexity index is 143. The van der Waals surface area contributed by atoms with Crippen molar-refractivity contribution in [1.82, 2.24) is 0 Å². The molecule has 0 aliphatic rings. The molecule has 0 spiro atoms. The summed E-state index contributed by atoms with van der Waals surface area (Å²) < 4.78 is 1.06. The lowest BCUT2D eigenvalue weighted by atomic mass is 10.1. The minimum Gasteiger partial charge on any atom is -0.228 e. The molecule has 0 aliphatic carbocycles. The van der Waals surface area contributed by atoms with Crippen LogP contribution >= 0.6 is 34.8 Å². The highest BCUT2D eigenvalue weighted by Gasteiger charge is 2.02. The third-order valence-corrected chi connectivity index (χ3v) is 2.93. The van der Waals surface area contributed by atoms with Gasteiger partial charge in [-0.1, -0.05) is 55.2 Å². The highest BCUT2D eigenvalue weighted by molar-refractivity contribution is 14.1. The summed E-state index contributed by atoms with van der Waals surface area (Å²) in [6.45, 7) is 2.23. The molecule has 0 radical (unpaired) electrons. The van der Waals surface area contributed by atoms with Crippen LogP contribution in [0.3, 0.4) is 0 Å². The first kappa shape index (κ1) is 12.5. The second-order valence-corrected chi connectivity index (χ2v) is 3.94. The number of hydrogen-bond acceptors (Lipinski definition) is 2. The fourth-order valence-corrected chi connectivity index (χ4v) is 1.84. The molecular formula is C9H16INS. The molecule has 1 atom stereocenters. The number of halogens is 1. The van der Waals surface area contributed by atoms with Crippen LogP contribution < -0.4 is 0 Å². The van der Waals surface area contributed by atoms with Crippen LogP contribution in [0.25, 0.3) is 0 Å². The normalized spacial score (nSPS) is 12.2. The highest BCUT2D eigenvalue weighted by Crippen LogP contribution is 2.09. The molecule has 0 heterocycles. The van der Waals surface area contributed by atoms with E-state index in [9.17, 15) is 0 Å². The number of rotatable bonds is 7. The molecule has 0 saturated carbocycles. The van der Waals surface area contributed by atoms with Crippen LogP contribution in [0.1, 0.15) is 39.0 Å². The van der Waals surface area contributed by atoms with Crippen LogP contribution in [0.5, 0.6) is 0 Å². The first-order valence-corrected chi connectivity index (χ1v) is 6.41. The van der Waals surface area contributed by atoms with Crippen LogP contribution in [0.2, 0.25) is 0 Å². The number of hydrogen-bond donors (Lipinski definition) is 0. The van der Waals surface area contributed by atoms with Crippen molar-refractivity contribution in [2.24, 2.45) is 4.99 Å². The van der Waals surface area contributed by atoms with Gasteiger partial charge in [-0.3, -0.25) is 0 Å². The predicted molar refractivity (Wildman–Crippen MR) is 66.5 cm³/mol.